The molecule has 0 aliphatic carbocycles. The van der Waals surface area contributed by atoms with Crippen molar-refractivity contribution in [2.75, 3.05) is 0 Å². The van der Waals surface area contributed by atoms with E-state index in [0.29, 0.717) is 6.07 Å². The van der Waals surface area contributed by atoms with Gasteiger partial charge in [-0.3, -0.25) is 4.55 Å². The molecule has 0 atom stereocenters. The van der Waals surface area contributed by atoms with Crippen molar-refractivity contribution in [3.05, 3.63) is 23.8 Å². The Morgan fingerprint density at radius 3 is 2.27 bits per heavy atom. The van der Waals surface area contributed by atoms with E-state index in [1.807, 2.05) is 0 Å². The number of aromatic carboxylic acids is 1. The second-order valence-corrected chi connectivity index (χ2v) is 3.88. The van der Waals surface area contributed by atoms with Crippen LogP contribution in [0.5, 0.6) is 5.75 Å². The van der Waals surface area contributed by atoms with Gasteiger partial charge in [0.15, 0.2) is 0 Å². The zero-order valence-electron chi connectivity index (χ0n) is 9.41. The summed E-state index contributed by atoms with van der Waals surface area (Å²) in [4.78, 5) is 9.89. The monoisotopic (exact) mass is 244 g/mol. The van der Waals surface area contributed by atoms with E-state index in [0.717, 1.165) is 12.1 Å². The standard InChI is InChI=1S/C7H6O6S.Mg.2H/c8-6-2-1-4(14(11,12)13)3-5(6)7(9)10;;;/h1-3,8H,(H,9,10)(H,11,12,13);;;/q;+2;2*-1. The normalized spacial score (nSPS) is 10.5. The Morgan fingerprint density at radius 1 is 1.33 bits per heavy atom. The molecule has 1 aromatic rings. The van der Waals surface area contributed by atoms with E-state index in [2.05, 4.69) is 0 Å². The third-order valence-electron chi connectivity index (χ3n) is 1.50. The molecule has 0 saturated heterocycles. The van der Waals surface area contributed by atoms with Crippen LogP contribution < -0.4 is 0 Å². The molecule has 0 heterocycles. The van der Waals surface area contributed by atoms with Crippen molar-refractivity contribution in [2.24, 2.45) is 0 Å². The number of carbonyl (C=O) groups is 1. The van der Waals surface area contributed by atoms with Crippen molar-refractivity contribution >= 4 is 39.1 Å². The minimum Gasteiger partial charge on any atom is -1.00 e. The summed E-state index contributed by atoms with van der Waals surface area (Å²) in [7, 11) is -4.45. The van der Waals surface area contributed by atoms with E-state index >= 15 is 0 Å². The molecule has 0 aliphatic heterocycles. The van der Waals surface area contributed by atoms with Crippen LogP contribution in [0.2, 0.25) is 0 Å². The first kappa shape index (κ1) is 14.2. The molecule has 8 heteroatoms. The van der Waals surface area contributed by atoms with E-state index in [9.17, 15) is 13.2 Å². The first-order valence-electron chi connectivity index (χ1n) is 3.36. The molecule has 1 aromatic carbocycles. The van der Waals surface area contributed by atoms with Crippen LogP contribution in [0.4, 0.5) is 0 Å². The maximum atomic E-state index is 10.6. The smallest absolute Gasteiger partial charge is 1.00 e. The summed E-state index contributed by atoms with van der Waals surface area (Å²) in [6.45, 7) is 0. The molecule has 80 valence electrons. The van der Waals surface area contributed by atoms with Gasteiger partial charge in [-0.15, -0.1) is 0 Å². The van der Waals surface area contributed by atoms with Crippen LogP contribution in [-0.4, -0.2) is 52.2 Å². The van der Waals surface area contributed by atoms with Crippen LogP contribution in [0, 0.1) is 0 Å². The number of hydrogen-bond donors (Lipinski definition) is 3. The van der Waals surface area contributed by atoms with Gasteiger partial charge in [-0.25, -0.2) is 4.79 Å². The molecule has 6 nitrogen and oxygen atoms in total. The van der Waals surface area contributed by atoms with Crippen LogP contribution in [0.25, 0.3) is 0 Å². The number of benzene rings is 1. The Labute approximate surface area is 104 Å². The van der Waals surface area contributed by atoms with E-state index in [-0.39, 0.29) is 25.9 Å². The van der Waals surface area contributed by atoms with Crippen molar-refractivity contribution in [3.63, 3.8) is 0 Å². The molecule has 1 rings (SSSR count). The number of rotatable bonds is 2. The summed E-state index contributed by atoms with van der Waals surface area (Å²) in [6, 6.07) is 2.46. The van der Waals surface area contributed by atoms with E-state index in [1.165, 1.54) is 0 Å². The fraction of sp³-hybridized carbons (Fsp3) is 0. The third-order valence-corrected chi connectivity index (χ3v) is 2.35. The van der Waals surface area contributed by atoms with Gasteiger partial charge in [-0.1, -0.05) is 0 Å². The molecule has 0 saturated carbocycles. The zero-order chi connectivity index (χ0) is 10.9. The number of carboxylic acid groups (broad SMARTS) is 1. The average molecular weight is 245 g/mol. The van der Waals surface area contributed by atoms with Crippen molar-refractivity contribution in [1.29, 1.82) is 0 Å². The van der Waals surface area contributed by atoms with E-state index in [1.54, 1.807) is 0 Å². The summed E-state index contributed by atoms with van der Waals surface area (Å²) in [5.41, 5.74) is -0.583. The maximum absolute atomic E-state index is 10.6. The molecule has 0 aliphatic rings. The van der Waals surface area contributed by atoms with Crippen LogP contribution in [0.1, 0.15) is 13.2 Å². The molecule has 0 fully saturated rings. The van der Waals surface area contributed by atoms with Gasteiger partial charge < -0.3 is 13.1 Å². The predicted molar refractivity (Wildman–Crippen MR) is 52.9 cm³/mol. The van der Waals surface area contributed by atoms with Gasteiger partial charge in [-0.2, -0.15) is 8.42 Å². The third kappa shape index (κ3) is 3.34. The summed E-state index contributed by atoms with van der Waals surface area (Å²) in [5.74, 6) is -2.04. The number of hydrogen-bond acceptors (Lipinski definition) is 4. The largest absolute Gasteiger partial charge is 2.00 e. The Hall–Kier alpha value is -0.834. The van der Waals surface area contributed by atoms with Gasteiger partial charge in [-0.05, 0) is 18.2 Å². The van der Waals surface area contributed by atoms with Gasteiger partial charge in [0.25, 0.3) is 10.1 Å². The van der Waals surface area contributed by atoms with E-state index in [4.69, 9.17) is 14.8 Å². The summed E-state index contributed by atoms with van der Waals surface area (Å²) >= 11 is 0. The molecule has 0 unspecified atom stereocenters. The summed E-state index contributed by atoms with van der Waals surface area (Å²) in [5, 5.41) is 17.5. The molecule has 0 amide bonds. The maximum Gasteiger partial charge on any atom is 2.00 e. The zero-order valence-corrected chi connectivity index (χ0v) is 9.64. The molecule has 0 spiro atoms. The fourth-order valence-electron chi connectivity index (χ4n) is 0.847. The fourth-order valence-corrected chi connectivity index (χ4v) is 1.35. The first-order chi connectivity index (χ1) is 6.32. The molecule has 0 aromatic heterocycles. The molecular weight excluding hydrogens is 236 g/mol. The minimum atomic E-state index is -4.45. The number of phenols is 1. The van der Waals surface area contributed by atoms with Crippen LogP contribution in [0.15, 0.2) is 23.1 Å². The average Bonchev–Trinajstić information content (AvgIpc) is 2.02. The SMILES string of the molecule is O=C(O)c1cc(S(=O)(=O)O)ccc1O.[H-].[H-].[Mg+2]. The Morgan fingerprint density at radius 2 is 1.87 bits per heavy atom. The summed E-state index contributed by atoms with van der Waals surface area (Å²) < 4.78 is 29.8. The quantitative estimate of drug-likeness (QED) is 0.505. The molecule has 0 radical (unpaired) electrons. The minimum absolute atomic E-state index is 0. The number of carboxylic acids is 1. The molecule has 3 N–H and O–H groups in total. The number of aromatic hydroxyl groups is 1. The first-order valence-corrected chi connectivity index (χ1v) is 4.80. The topological polar surface area (TPSA) is 112 Å². The second kappa shape index (κ2) is 4.79. The van der Waals surface area contributed by atoms with Crippen LogP contribution in [-0.2, 0) is 10.1 Å². The Balaban J connectivity index is -0.000000653. The summed E-state index contributed by atoms with van der Waals surface area (Å²) in [6.07, 6.45) is 0. The van der Waals surface area contributed by atoms with Gasteiger partial charge in [0.2, 0.25) is 0 Å². The second-order valence-electron chi connectivity index (χ2n) is 2.46. The molecule has 15 heavy (non-hydrogen) atoms. The molecular formula is C7H8MgO6S. The molecule has 0 bridgehead atoms. The van der Waals surface area contributed by atoms with Crippen molar-refractivity contribution in [3.8, 4) is 5.75 Å². The van der Waals surface area contributed by atoms with Gasteiger partial charge in [0.05, 0.1) is 4.90 Å². The van der Waals surface area contributed by atoms with Crippen molar-refractivity contribution in [2.45, 2.75) is 4.90 Å². The Kier molecular flexibility index (Phi) is 4.53. The van der Waals surface area contributed by atoms with Gasteiger partial charge in [0, 0.05) is 0 Å². The van der Waals surface area contributed by atoms with Crippen LogP contribution in [0.3, 0.4) is 0 Å². The van der Waals surface area contributed by atoms with Gasteiger partial charge in [0.1, 0.15) is 11.3 Å². The van der Waals surface area contributed by atoms with Crippen molar-refractivity contribution < 1.29 is 30.8 Å². The van der Waals surface area contributed by atoms with Gasteiger partial charge >= 0.3 is 29.0 Å². The van der Waals surface area contributed by atoms with Crippen LogP contribution >= 0.6 is 0 Å². The van der Waals surface area contributed by atoms with Crippen molar-refractivity contribution in [1.82, 2.24) is 0 Å². The van der Waals surface area contributed by atoms with E-state index < -0.39 is 32.3 Å². The predicted octanol–water partition coefficient (Wildman–Crippen LogP) is 0.181. The Bertz CT molecular complexity index is 489.